The van der Waals surface area contributed by atoms with Gasteiger partial charge in [-0.25, -0.2) is 0 Å². The van der Waals surface area contributed by atoms with Crippen LogP contribution in [0.5, 0.6) is 0 Å². The molecule has 0 aliphatic rings. The molecule has 1 aromatic carbocycles. The monoisotopic (exact) mass is 330 g/mol. The van der Waals surface area contributed by atoms with Crippen LogP contribution in [0.1, 0.15) is 22.9 Å². The van der Waals surface area contributed by atoms with Crippen molar-refractivity contribution in [1.29, 1.82) is 0 Å². The summed E-state index contributed by atoms with van der Waals surface area (Å²) >= 11 is 3.25. The Bertz CT molecular complexity index is 550. The summed E-state index contributed by atoms with van der Waals surface area (Å²) in [6.07, 6.45) is -2.74. The molecule has 1 aromatic heterocycles. The first-order valence-corrected chi connectivity index (χ1v) is 6.21. The zero-order chi connectivity index (χ0) is 14.0. The number of hydrogen-bond donors (Lipinski definition) is 1. The Morgan fingerprint density at radius 2 is 1.68 bits per heavy atom. The van der Waals surface area contributed by atoms with Crippen LogP contribution < -0.4 is 5.73 Å². The highest BCUT2D eigenvalue weighted by atomic mass is 79.9. The normalized spacial score (nSPS) is 13.3. The Morgan fingerprint density at radius 1 is 1.05 bits per heavy atom. The van der Waals surface area contributed by atoms with E-state index in [4.69, 9.17) is 5.73 Å². The number of nitrogens with zero attached hydrogens (tertiary/aromatic N) is 1. The average molecular weight is 331 g/mol. The van der Waals surface area contributed by atoms with Gasteiger partial charge in [-0.05, 0) is 45.8 Å². The Morgan fingerprint density at radius 3 is 2.16 bits per heavy atom. The van der Waals surface area contributed by atoms with E-state index in [1.807, 2.05) is 0 Å². The lowest BCUT2D eigenvalue weighted by atomic mass is 10.0. The summed E-state index contributed by atoms with van der Waals surface area (Å²) in [5, 5.41) is 0. The van der Waals surface area contributed by atoms with Gasteiger partial charge < -0.3 is 5.73 Å². The van der Waals surface area contributed by atoms with E-state index >= 15 is 0 Å². The highest BCUT2D eigenvalue weighted by molar-refractivity contribution is 9.10. The molecule has 0 amide bonds. The summed E-state index contributed by atoms with van der Waals surface area (Å²) in [5.74, 6) is 0. The molecule has 1 heterocycles. The fourth-order valence-electron chi connectivity index (χ4n) is 1.62. The van der Waals surface area contributed by atoms with Crippen molar-refractivity contribution >= 4 is 15.9 Å². The van der Waals surface area contributed by atoms with Gasteiger partial charge in [0.1, 0.15) is 0 Å². The molecule has 2 aromatic rings. The van der Waals surface area contributed by atoms with Gasteiger partial charge >= 0.3 is 6.18 Å². The van der Waals surface area contributed by atoms with E-state index in [1.54, 1.807) is 18.3 Å². The molecule has 0 fully saturated rings. The van der Waals surface area contributed by atoms with Crippen molar-refractivity contribution in [3.8, 4) is 0 Å². The highest BCUT2D eigenvalue weighted by Gasteiger charge is 2.30. The van der Waals surface area contributed by atoms with Crippen molar-refractivity contribution in [3.05, 3.63) is 63.9 Å². The second-order valence-electron chi connectivity index (χ2n) is 4.00. The molecule has 1 atom stereocenters. The molecule has 6 heteroatoms. The molecule has 0 spiro atoms. The summed E-state index contributed by atoms with van der Waals surface area (Å²) in [5.41, 5.74) is 6.46. The minimum atomic E-state index is -4.33. The van der Waals surface area contributed by atoms with E-state index in [9.17, 15) is 13.2 Å². The number of rotatable bonds is 2. The predicted molar refractivity (Wildman–Crippen MR) is 69.4 cm³/mol. The topological polar surface area (TPSA) is 38.9 Å². The van der Waals surface area contributed by atoms with Crippen LogP contribution in [0.2, 0.25) is 0 Å². The maximum absolute atomic E-state index is 12.4. The Kier molecular flexibility index (Phi) is 3.91. The van der Waals surface area contributed by atoms with E-state index in [-0.39, 0.29) is 0 Å². The summed E-state index contributed by atoms with van der Waals surface area (Å²) in [6, 6.07) is 7.75. The standard InChI is InChI=1S/C13H10BrF3N2/c14-10-5-6-11(19-7-10)12(18)8-1-3-9(4-2-8)13(15,16)17/h1-7,12H,18H2. The molecule has 2 rings (SSSR count). The molecule has 0 bridgehead atoms. The van der Waals surface area contributed by atoms with Crippen LogP contribution in [-0.4, -0.2) is 4.98 Å². The number of alkyl halides is 3. The van der Waals surface area contributed by atoms with Crippen molar-refractivity contribution in [1.82, 2.24) is 4.98 Å². The van der Waals surface area contributed by atoms with Gasteiger partial charge in [0.25, 0.3) is 0 Å². The fraction of sp³-hybridized carbons (Fsp3) is 0.154. The van der Waals surface area contributed by atoms with Gasteiger partial charge in [0.05, 0.1) is 17.3 Å². The van der Waals surface area contributed by atoms with E-state index < -0.39 is 17.8 Å². The van der Waals surface area contributed by atoms with Crippen LogP contribution in [0, 0.1) is 0 Å². The van der Waals surface area contributed by atoms with Crippen LogP contribution in [-0.2, 0) is 6.18 Å². The van der Waals surface area contributed by atoms with Crippen molar-refractivity contribution in [2.24, 2.45) is 5.73 Å². The minimum absolute atomic E-state index is 0.546. The van der Waals surface area contributed by atoms with E-state index in [0.29, 0.717) is 11.3 Å². The van der Waals surface area contributed by atoms with Crippen LogP contribution in [0.15, 0.2) is 47.1 Å². The first kappa shape index (κ1) is 14.0. The zero-order valence-electron chi connectivity index (χ0n) is 9.66. The maximum atomic E-state index is 12.4. The Hall–Kier alpha value is -1.40. The van der Waals surface area contributed by atoms with Gasteiger partial charge in [-0.3, -0.25) is 4.98 Å². The summed E-state index contributed by atoms with van der Waals surface area (Å²) in [6.45, 7) is 0. The van der Waals surface area contributed by atoms with Crippen LogP contribution >= 0.6 is 15.9 Å². The predicted octanol–water partition coefficient (Wildman–Crippen LogP) is 3.91. The van der Waals surface area contributed by atoms with Gasteiger partial charge in [0.2, 0.25) is 0 Å². The van der Waals surface area contributed by atoms with E-state index in [0.717, 1.165) is 16.6 Å². The number of pyridine rings is 1. The smallest absolute Gasteiger partial charge is 0.319 e. The summed E-state index contributed by atoms with van der Waals surface area (Å²) in [7, 11) is 0. The van der Waals surface area contributed by atoms with Crippen molar-refractivity contribution in [3.63, 3.8) is 0 Å². The largest absolute Gasteiger partial charge is 0.416 e. The molecular formula is C13H10BrF3N2. The lowest BCUT2D eigenvalue weighted by Gasteiger charge is -2.13. The molecule has 2 N–H and O–H groups in total. The molecule has 1 unspecified atom stereocenters. The van der Waals surface area contributed by atoms with E-state index in [2.05, 4.69) is 20.9 Å². The zero-order valence-corrected chi connectivity index (χ0v) is 11.2. The highest BCUT2D eigenvalue weighted by Crippen LogP contribution is 2.30. The third-order valence-corrected chi connectivity index (χ3v) is 3.14. The van der Waals surface area contributed by atoms with Crippen molar-refractivity contribution in [2.45, 2.75) is 12.2 Å². The van der Waals surface area contributed by atoms with Gasteiger partial charge in [0.15, 0.2) is 0 Å². The van der Waals surface area contributed by atoms with Gasteiger partial charge in [-0.2, -0.15) is 13.2 Å². The summed E-state index contributed by atoms with van der Waals surface area (Å²) < 4.78 is 38.1. The summed E-state index contributed by atoms with van der Waals surface area (Å²) in [4.78, 5) is 4.13. The molecule has 0 aliphatic heterocycles. The molecule has 0 aliphatic carbocycles. The van der Waals surface area contributed by atoms with Crippen LogP contribution in [0.3, 0.4) is 0 Å². The average Bonchev–Trinajstić information content (AvgIpc) is 2.38. The maximum Gasteiger partial charge on any atom is 0.416 e. The second-order valence-corrected chi connectivity index (χ2v) is 4.91. The first-order chi connectivity index (χ1) is 8.88. The first-order valence-electron chi connectivity index (χ1n) is 5.42. The number of nitrogens with two attached hydrogens (primary N) is 1. The lowest BCUT2D eigenvalue weighted by Crippen LogP contribution is -2.14. The molecule has 0 saturated carbocycles. The molecule has 19 heavy (non-hydrogen) atoms. The van der Waals surface area contributed by atoms with Crippen molar-refractivity contribution in [2.75, 3.05) is 0 Å². The van der Waals surface area contributed by atoms with Crippen molar-refractivity contribution < 1.29 is 13.2 Å². The molecule has 2 nitrogen and oxygen atoms in total. The number of halogens is 4. The lowest BCUT2D eigenvalue weighted by molar-refractivity contribution is -0.137. The Labute approximate surface area is 116 Å². The van der Waals surface area contributed by atoms with Gasteiger partial charge in [0, 0.05) is 10.7 Å². The molecule has 0 saturated heterocycles. The minimum Gasteiger partial charge on any atom is -0.319 e. The van der Waals surface area contributed by atoms with Gasteiger partial charge in [-0.15, -0.1) is 0 Å². The Balaban J connectivity index is 2.25. The van der Waals surface area contributed by atoms with Crippen LogP contribution in [0.25, 0.3) is 0 Å². The second kappa shape index (κ2) is 5.30. The molecular weight excluding hydrogens is 321 g/mol. The number of hydrogen-bond acceptors (Lipinski definition) is 2. The van der Waals surface area contributed by atoms with Crippen LogP contribution in [0.4, 0.5) is 13.2 Å². The molecule has 100 valence electrons. The van der Waals surface area contributed by atoms with Gasteiger partial charge in [-0.1, -0.05) is 12.1 Å². The fourth-order valence-corrected chi connectivity index (χ4v) is 1.86. The number of benzene rings is 1. The quantitative estimate of drug-likeness (QED) is 0.906. The van der Waals surface area contributed by atoms with E-state index in [1.165, 1.54) is 12.1 Å². The molecule has 0 radical (unpaired) electrons. The third kappa shape index (κ3) is 3.33. The third-order valence-electron chi connectivity index (χ3n) is 2.67. The SMILES string of the molecule is NC(c1ccc(C(F)(F)F)cc1)c1ccc(Br)cn1. The number of aromatic nitrogens is 1.